The highest BCUT2D eigenvalue weighted by Crippen LogP contribution is 2.58. The zero-order valence-electron chi connectivity index (χ0n) is 17.3. The van der Waals surface area contributed by atoms with E-state index in [1.807, 2.05) is 12.3 Å². The molecule has 4 aromatic rings. The fraction of sp³-hybridized carbons (Fsp3) is 0.148. The van der Waals surface area contributed by atoms with Gasteiger partial charge in [0.25, 0.3) is 0 Å². The maximum absolute atomic E-state index is 4.72. The number of hydrogen-bond acceptors (Lipinski definition) is 1. The molecule has 1 heterocycles. The molecule has 1 nitrogen and oxygen atoms in total. The van der Waals surface area contributed by atoms with E-state index in [-0.39, 0.29) is 0 Å². The van der Waals surface area contributed by atoms with Crippen LogP contribution in [0.3, 0.4) is 0 Å². The summed E-state index contributed by atoms with van der Waals surface area (Å²) in [6.45, 7) is 6.46. The Bertz CT molecular complexity index is 955. The Morgan fingerprint density at radius 2 is 0.966 bits per heavy atom. The number of rotatable bonds is 5. The minimum Gasteiger partial charge on any atom is -0.257 e. The molecule has 0 fully saturated rings. The summed E-state index contributed by atoms with van der Waals surface area (Å²) in [4.78, 5) is 4.72. The van der Waals surface area contributed by atoms with Crippen molar-refractivity contribution in [1.29, 1.82) is 0 Å². The van der Waals surface area contributed by atoms with Gasteiger partial charge in [0.2, 0.25) is 0 Å². The molecule has 0 unspecified atom stereocenters. The van der Waals surface area contributed by atoms with E-state index >= 15 is 0 Å². The highest BCUT2D eigenvalue weighted by Gasteiger charge is 2.45. The monoisotopic (exact) mass is 396 g/mol. The van der Waals surface area contributed by atoms with E-state index in [1.165, 1.54) is 32.6 Å². The average molecular weight is 396 g/mol. The zero-order chi connectivity index (χ0) is 20.3. The van der Waals surface area contributed by atoms with Gasteiger partial charge >= 0.3 is 0 Å². The SMILES string of the molecule is Cc1ccc([P+](Cc2ccccn2)(c2ccc(C)cc2)c2ccc(C)cc2)cc1. The lowest BCUT2D eigenvalue weighted by atomic mass is 10.2. The van der Waals surface area contributed by atoms with Crippen molar-refractivity contribution in [2.45, 2.75) is 26.9 Å². The maximum atomic E-state index is 4.72. The molecule has 0 saturated heterocycles. The van der Waals surface area contributed by atoms with E-state index in [9.17, 15) is 0 Å². The predicted molar refractivity (Wildman–Crippen MR) is 127 cm³/mol. The Balaban J connectivity index is 2.01. The summed E-state index contributed by atoms with van der Waals surface area (Å²) in [5.74, 6) is 0. The molecule has 0 spiro atoms. The average Bonchev–Trinajstić information content (AvgIpc) is 2.75. The van der Waals surface area contributed by atoms with E-state index in [0.717, 1.165) is 11.9 Å². The summed E-state index contributed by atoms with van der Waals surface area (Å²) in [6, 6.07) is 33.6. The predicted octanol–water partition coefficient (Wildman–Crippen LogP) is 5.50. The molecule has 29 heavy (non-hydrogen) atoms. The standard InChI is InChI=1S/C27H27NP/c1-21-7-13-25(14-8-21)29(20-24-6-4-5-19-28-24,26-15-9-22(2)10-16-26)27-17-11-23(3)12-18-27/h4-19H,20H2,1-3H3/q+1. The second-order valence-corrected chi connectivity index (χ2v) is 11.3. The lowest BCUT2D eigenvalue weighted by Gasteiger charge is -2.28. The van der Waals surface area contributed by atoms with E-state index in [1.54, 1.807) is 0 Å². The third-order valence-electron chi connectivity index (χ3n) is 5.55. The molecule has 0 aliphatic heterocycles. The first-order chi connectivity index (χ1) is 14.1. The van der Waals surface area contributed by atoms with Crippen molar-refractivity contribution in [3.63, 3.8) is 0 Å². The molecule has 0 aliphatic rings. The second kappa shape index (κ2) is 8.31. The van der Waals surface area contributed by atoms with Gasteiger partial charge in [-0.1, -0.05) is 59.2 Å². The number of pyridine rings is 1. The van der Waals surface area contributed by atoms with Crippen LogP contribution in [-0.4, -0.2) is 4.98 Å². The highest BCUT2D eigenvalue weighted by molar-refractivity contribution is 7.95. The third kappa shape index (κ3) is 4.02. The van der Waals surface area contributed by atoms with Crippen LogP contribution in [0.1, 0.15) is 22.4 Å². The van der Waals surface area contributed by atoms with Crippen molar-refractivity contribution >= 4 is 23.2 Å². The van der Waals surface area contributed by atoms with Crippen LogP contribution in [0.15, 0.2) is 97.2 Å². The van der Waals surface area contributed by atoms with E-state index in [2.05, 4.69) is 106 Å². The molecule has 144 valence electrons. The molecule has 0 radical (unpaired) electrons. The van der Waals surface area contributed by atoms with Crippen molar-refractivity contribution < 1.29 is 0 Å². The molecule has 1 aromatic heterocycles. The Morgan fingerprint density at radius 1 is 0.552 bits per heavy atom. The smallest absolute Gasteiger partial charge is 0.118 e. The van der Waals surface area contributed by atoms with Gasteiger partial charge in [0.05, 0.1) is 5.69 Å². The molecule has 0 bridgehead atoms. The van der Waals surface area contributed by atoms with Gasteiger partial charge in [-0.2, -0.15) is 0 Å². The fourth-order valence-electron chi connectivity index (χ4n) is 3.85. The summed E-state index contributed by atoms with van der Waals surface area (Å²) >= 11 is 0. The van der Waals surface area contributed by atoms with Gasteiger partial charge in [-0.05, 0) is 69.3 Å². The topological polar surface area (TPSA) is 12.9 Å². The normalized spacial score (nSPS) is 11.4. The number of nitrogens with zero attached hydrogens (tertiary/aromatic N) is 1. The molecule has 0 saturated carbocycles. The van der Waals surface area contributed by atoms with Gasteiger partial charge in [-0.15, -0.1) is 0 Å². The quantitative estimate of drug-likeness (QED) is 0.406. The summed E-state index contributed by atoms with van der Waals surface area (Å²) in [5, 5.41) is 4.21. The van der Waals surface area contributed by atoms with Gasteiger partial charge in [0, 0.05) is 6.20 Å². The maximum Gasteiger partial charge on any atom is 0.118 e. The van der Waals surface area contributed by atoms with Crippen LogP contribution in [0, 0.1) is 20.8 Å². The van der Waals surface area contributed by atoms with Crippen LogP contribution in [0.25, 0.3) is 0 Å². The van der Waals surface area contributed by atoms with E-state index in [0.29, 0.717) is 0 Å². The largest absolute Gasteiger partial charge is 0.257 e. The minimum atomic E-state index is -1.90. The van der Waals surface area contributed by atoms with Crippen molar-refractivity contribution in [3.8, 4) is 0 Å². The summed E-state index contributed by atoms with van der Waals surface area (Å²) in [7, 11) is -1.90. The van der Waals surface area contributed by atoms with E-state index < -0.39 is 7.26 Å². The molecule has 0 aliphatic carbocycles. The summed E-state index contributed by atoms with van der Waals surface area (Å²) in [5.41, 5.74) is 5.01. The Labute approximate surface area is 174 Å². The zero-order valence-corrected chi connectivity index (χ0v) is 18.2. The fourth-order valence-corrected chi connectivity index (χ4v) is 7.94. The highest BCUT2D eigenvalue weighted by atomic mass is 31.2. The molecule has 0 atom stereocenters. The molecule has 0 amide bonds. The first-order valence-corrected chi connectivity index (χ1v) is 12.0. The second-order valence-electron chi connectivity index (χ2n) is 7.80. The molecule has 0 N–H and O–H groups in total. The van der Waals surface area contributed by atoms with Gasteiger partial charge in [0.15, 0.2) is 0 Å². The molecular weight excluding hydrogens is 369 g/mol. The number of benzene rings is 3. The van der Waals surface area contributed by atoms with E-state index in [4.69, 9.17) is 4.98 Å². The number of aryl methyl sites for hydroxylation is 3. The molecule has 4 rings (SSSR count). The first-order valence-electron chi connectivity index (χ1n) is 10.1. The van der Waals surface area contributed by atoms with Crippen LogP contribution in [0.4, 0.5) is 0 Å². The summed E-state index contributed by atoms with van der Waals surface area (Å²) < 4.78 is 0. The molecule has 3 aromatic carbocycles. The Morgan fingerprint density at radius 3 is 1.31 bits per heavy atom. The minimum absolute atomic E-state index is 0.920. The van der Waals surface area contributed by atoms with Gasteiger partial charge in [0.1, 0.15) is 29.3 Å². The van der Waals surface area contributed by atoms with Crippen molar-refractivity contribution in [2.24, 2.45) is 0 Å². The molecular formula is C27H27NP+. The van der Waals surface area contributed by atoms with Crippen LogP contribution >= 0.6 is 7.26 Å². The van der Waals surface area contributed by atoms with Crippen molar-refractivity contribution in [2.75, 3.05) is 0 Å². The van der Waals surface area contributed by atoms with Crippen LogP contribution in [0.2, 0.25) is 0 Å². The van der Waals surface area contributed by atoms with Crippen LogP contribution < -0.4 is 15.9 Å². The lowest BCUT2D eigenvalue weighted by Crippen LogP contribution is -2.32. The van der Waals surface area contributed by atoms with Gasteiger partial charge < -0.3 is 0 Å². The lowest BCUT2D eigenvalue weighted by molar-refractivity contribution is 1.17. The van der Waals surface area contributed by atoms with Crippen LogP contribution in [0.5, 0.6) is 0 Å². The number of hydrogen-bond donors (Lipinski definition) is 0. The Kier molecular flexibility index (Phi) is 5.60. The van der Waals surface area contributed by atoms with Gasteiger partial charge in [-0.3, -0.25) is 4.98 Å². The molecule has 2 heteroatoms. The number of aromatic nitrogens is 1. The Hall–Kier alpha value is -2.76. The van der Waals surface area contributed by atoms with Gasteiger partial charge in [-0.25, -0.2) is 0 Å². The van der Waals surface area contributed by atoms with Crippen LogP contribution in [-0.2, 0) is 6.16 Å². The van der Waals surface area contributed by atoms with Crippen molar-refractivity contribution in [3.05, 3.63) is 120 Å². The third-order valence-corrected chi connectivity index (χ3v) is 9.89. The first kappa shape index (κ1) is 19.6. The summed E-state index contributed by atoms with van der Waals surface area (Å²) in [6.07, 6.45) is 2.83. The van der Waals surface area contributed by atoms with Crippen molar-refractivity contribution in [1.82, 2.24) is 4.98 Å².